The van der Waals surface area contributed by atoms with E-state index >= 15 is 0 Å². The van der Waals surface area contributed by atoms with Gasteiger partial charge in [0, 0.05) is 50.7 Å². The molecule has 0 atom stereocenters. The predicted octanol–water partition coefficient (Wildman–Crippen LogP) is 12.9. The van der Waals surface area contributed by atoms with Crippen molar-refractivity contribution in [2.24, 2.45) is 0 Å². The van der Waals surface area contributed by atoms with Crippen LogP contribution in [0.1, 0.15) is 25.0 Å². The van der Waals surface area contributed by atoms with Crippen LogP contribution in [0.15, 0.2) is 176 Å². The summed E-state index contributed by atoms with van der Waals surface area (Å²) in [6.07, 6.45) is 3.90. The zero-order valence-corrected chi connectivity index (χ0v) is 29.6. The molecule has 0 fully saturated rings. The van der Waals surface area contributed by atoms with Crippen LogP contribution in [0.4, 0.5) is 0 Å². The second-order valence-electron chi connectivity index (χ2n) is 14.8. The van der Waals surface area contributed by atoms with Crippen molar-refractivity contribution in [3.63, 3.8) is 0 Å². The summed E-state index contributed by atoms with van der Waals surface area (Å²) < 4.78 is 4.83. The molecule has 11 rings (SSSR count). The first-order valence-corrected chi connectivity index (χ1v) is 18.4. The normalized spacial score (nSPS) is 13.2. The highest BCUT2D eigenvalue weighted by Gasteiger charge is 2.35. The lowest BCUT2D eigenvalue weighted by atomic mass is 9.82. The minimum atomic E-state index is -0.0702. The third-order valence-corrected chi connectivity index (χ3v) is 11.6. The van der Waals surface area contributed by atoms with Gasteiger partial charge in [-0.3, -0.25) is 4.98 Å². The molecule has 0 saturated heterocycles. The summed E-state index contributed by atoms with van der Waals surface area (Å²) in [4.78, 5) is 4.59. The van der Waals surface area contributed by atoms with Crippen LogP contribution in [-0.2, 0) is 5.41 Å². The van der Waals surface area contributed by atoms with E-state index < -0.39 is 0 Å². The second kappa shape index (κ2) is 11.1. The lowest BCUT2D eigenvalue weighted by Crippen LogP contribution is -2.15. The largest absolute Gasteiger partial charge is 0.309 e. The monoisotopic (exact) mass is 677 g/mol. The summed E-state index contributed by atoms with van der Waals surface area (Å²) in [5.74, 6) is 0. The Morgan fingerprint density at radius 1 is 0.415 bits per heavy atom. The van der Waals surface area contributed by atoms with Crippen molar-refractivity contribution in [2.75, 3.05) is 0 Å². The Kier molecular flexibility index (Phi) is 6.30. The van der Waals surface area contributed by atoms with E-state index in [0.717, 1.165) is 16.6 Å². The molecule has 10 aromatic rings. The third kappa shape index (κ3) is 4.31. The lowest BCUT2D eigenvalue weighted by Gasteiger charge is -2.22. The zero-order chi connectivity index (χ0) is 35.3. The molecule has 0 radical (unpaired) electrons. The second-order valence-corrected chi connectivity index (χ2v) is 14.8. The summed E-state index contributed by atoms with van der Waals surface area (Å²) in [6.45, 7) is 4.71. The SMILES string of the molecule is CC1(C)c2ccccc2-c2ccc(-n3c4ccccc4c4c(-c5ccc6c(c5)c5cnccc5n6-c5ccc(-c6ccccc6)cc5)cccc43)cc21. The maximum atomic E-state index is 4.59. The number of benzene rings is 7. The molecule has 0 spiro atoms. The van der Waals surface area contributed by atoms with Crippen LogP contribution in [0.25, 0.3) is 88.4 Å². The first-order valence-electron chi connectivity index (χ1n) is 18.4. The Labute approximate surface area is 308 Å². The van der Waals surface area contributed by atoms with Gasteiger partial charge in [-0.1, -0.05) is 123 Å². The van der Waals surface area contributed by atoms with Crippen LogP contribution in [-0.4, -0.2) is 14.1 Å². The van der Waals surface area contributed by atoms with Crippen molar-refractivity contribution < 1.29 is 0 Å². The number of hydrogen-bond donors (Lipinski definition) is 0. The van der Waals surface area contributed by atoms with Crippen LogP contribution in [0.2, 0.25) is 0 Å². The molecule has 0 bridgehead atoms. The van der Waals surface area contributed by atoms with Crippen LogP contribution in [0.3, 0.4) is 0 Å². The molecule has 53 heavy (non-hydrogen) atoms. The quantitative estimate of drug-likeness (QED) is 0.182. The summed E-state index contributed by atoms with van der Waals surface area (Å²) in [5, 5.41) is 4.86. The van der Waals surface area contributed by atoms with E-state index in [1.807, 2.05) is 12.4 Å². The van der Waals surface area contributed by atoms with Gasteiger partial charge in [-0.15, -0.1) is 0 Å². The molecule has 0 saturated carbocycles. The Morgan fingerprint density at radius 2 is 1.06 bits per heavy atom. The number of hydrogen-bond acceptors (Lipinski definition) is 1. The topological polar surface area (TPSA) is 22.8 Å². The molecule has 7 aromatic carbocycles. The molecule has 0 N–H and O–H groups in total. The Balaban J connectivity index is 1.09. The van der Waals surface area contributed by atoms with Gasteiger partial charge in [0.2, 0.25) is 0 Å². The van der Waals surface area contributed by atoms with Crippen molar-refractivity contribution in [1.29, 1.82) is 0 Å². The van der Waals surface area contributed by atoms with Gasteiger partial charge >= 0.3 is 0 Å². The molecule has 3 aromatic heterocycles. The first-order chi connectivity index (χ1) is 26.1. The Hall–Kier alpha value is -6.71. The standard InChI is InChI=1S/C50H35N3/c1-50(2)43-16-8-6-13-38(43)39-25-24-36(30-44(39)50)53-45-17-9-7-14-40(45)49-37(15-10-18-48(49)53)34-21-26-46-41(29-34)42-31-51-28-27-47(42)52(46)35-22-19-33(20-23-35)32-11-4-3-5-12-32/h3-31H,1-2H3. The van der Waals surface area contributed by atoms with E-state index in [4.69, 9.17) is 0 Å². The minimum absolute atomic E-state index is 0.0702. The number of aromatic nitrogens is 3. The maximum absolute atomic E-state index is 4.59. The van der Waals surface area contributed by atoms with E-state index in [0.29, 0.717) is 0 Å². The van der Waals surface area contributed by atoms with Gasteiger partial charge in [-0.25, -0.2) is 0 Å². The van der Waals surface area contributed by atoms with E-state index in [2.05, 4.69) is 192 Å². The summed E-state index contributed by atoms with van der Waals surface area (Å²) in [7, 11) is 0. The molecule has 1 aliphatic carbocycles. The highest BCUT2D eigenvalue weighted by Crippen LogP contribution is 2.50. The average Bonchev–Trinajstić information content (AvgIpc) is 3.81. The number of nitrogens with zero attached hydrogens (tertiary/aromatic N) is 3. The molecule has 3 heteroatoms. The van der Waals surface area contributed by atoms with Gasteiger partial charge in [-0.05, 0) is 99.1 Å². The number of para-hydroxylation sites is 1. The Bertz CT molecular complexity index is 3070. The molecule has 0 amide bonds. The van der Waals surface area contributed by atoms with Crippen molar-refractivity contribution in [1.82, 2.24) is 14.1 Å². The van der Waals surface area contributed by atoms with E-state index in [-0.39, 0.29) is 5.41 Å². The molecule has 3 nitrogen and oxygen atoms in total. The van der Waals surface area contributed by atoms with E-state index in [1.165, 1.54) is 82.9 Å². The fourth-order valence-electron chi connectivity index (χ4n) is 9.11. The summed E-state index contributed by atoms with van der Waals surface area (Å²) in [6, 6.07) is 60.1. The van der Waals surface area contributed by atoms with Crippen LogP contribution >= 0.6 is 0 Å². The van der Waals surface area contributed by atoms with Gasteiger partial charge in [0.1, 0.15) is 0 Å². The first kappa shape index (κ1) is 30.0. The van der Waals surface area contributed by atoms with Crippen LogP contribution in [0, 0.1) is 0 Å². The van der Waals surface area contributed by atoms with Gasteiger partial charge in [0.15, 0.2) is 0 Å². The minimum Gasteiger partial charge on any atom is -0.309 e. The van der Waals surface area contributed by atoms with Gasteiger partial charge in [-0.2, -0.15) is 0 Å². The lowest BCUT2D eigenvalue weighted by molar-refractivity contribution is 0.660. The molecule has 3 heterocycles. The van der Waals surface area contributed by atoms with Crippen LogP contribution in [0.5, 0.6) is 0 Å². The molecule has 250 valence electrons. The van der Waals surface area contributed by atoms with Crippen molar-refractivity contribution in [3.8, 4) is 44.8 Å². The number of rotatable bonds is 4. The van der Waals surface area contributed by atoms with Crippen molar-refractivity contribution in [3.05, 3.63) is 187 Å². The molecular formula is C50H35N3. The molecule has 0 unspecified atom stereocenters. The molecule has 0 aliphatic heterocycles. The number of fused-ring (bicyclic) bond motifs is 9. The maximum Gasteiger partial charge on any atom is 0.0571 e. The summed E-state index contributed by atoms with van der Waals surface area (Å²) in [5.41, 5.74) is 17.3. The molecular weight excluding hydrogens is 643 g/mol. The van der Waals surface area contributed by atoms with Crippen molar-refractivity contribution >= 4 is 43.6 Å². The highest BCUT2D eigenvalue weighted by atomic mass is 15.0. The summed E-state index contributed by atoms with van der Waals surface area (Å²) >= 11 is 0. The fourth-order valence-corrected chi connectivity index (χ4v) is 9.11. The molecule has 1 aliphatic rings. The van der Waals surface area contributed by atoms with E-state index in [9.17, 15) is 0 Å². The Morgan fingerprint density at radius 3 is 1.94 bits per heavy atom. The van der Waals surface area contributed by atoms with E-state index in [1.54, 1.807) is 0 Å². The smallest absolute Gasteiger partial charge is 0.0571 e. The number of pyridine rings is 1. The van der Waals surface area contributed by atoms with Crippen LogP contribution < -0.4 is 0 Å². The van der Waals surface area contributed by atoms with Gasteiger partial charge in [0.05, 0.1) is 22.1 Å². The average molecular weight is 678 g/mol. The van der Waals surface area contributed by atoms with Crippen molar-refractivity contribution in [2.45, 2.75) is 19.3 Å². The fraction of sp³-hybridized carbons (Fsp3) is 0.0600. The predicted molar refractivity (Wildman–Crippen MR) is 221 cm³/mol. The zero-order valence-electron chi connectivity index (χ0n) is 29.6. The van der Waals surface area contributed by atoms with Gasteiger partial charge < -0.3 is 9.13 Å². The third-order valence-electron chi connectivity index (χ3n) is 11.6. The highest BCUT2D eigenvalue weighted by molar-refractivity contribution is 6.17. The van der Waals surface area contributed by atoms with Gasteiger partial charge in [0.25, 0.3) is 0 Å².